The van der Waals surface area contributed by atoms with Gasteiger partial charge in [-0.25, -0.2) is 9.97 Å². The highest BCUT2D eigenvalue weighted by Crippen LogP contribution is 2.42. The highest BCUT2D eigenvalue weighted by Gasteiger charge is 2.34. The molecule has 33 heavy (non-hydrogen) atoms. The molecular weight excluding hydrogens is 565 g/mol. The van der Waals surface area contributed by atoms with Crippen molar-refractivity contribution < 1.29 is 18.3 Å². The van der Waals surface area contributed by atoms with Gasteiger partial charge in [-0.05, 0) is 83.2 Å². The van der Waals surface area contributed by atoms with E-state index < -0.39 is 11.7 Å². The van der Waals surface area contributed by atoms with Crippen LogP contribution >= 0.6 is 31.9 Å². The zero-order valence-electron chi connectivity index (χ0n) is 18.8. The van der Waals surface area contributed by atoms with Crippen LogP contribution in [0.3, 0.4) is 0 Å². The first kappa shape index (κ1) is 24.5. The molecule has 1 aliphatic heterocycles. The van der Waals surface area contributed by atoms with Crippen LogP contribution in [0, 0.1) is 26.2 Å². The second kappa shape index (κ2) is 8.53. The van der Waals surface area contributed by atoms with E-state index in [9.17, 15) is 18.3 Å². The molecule has 0 spiro atoms. The quantitative estimate of drug-likeness (QED) is 0.379. The Labute approximate surface area is 207 Å². The van der Waals surface area contributed by atoms with E-state index in [-0.39, 0.29) is 12.0 Å². The van der Waals surface area contributed by atoms with Gasteiger partial charge in [-0.3, -0.25) is 4.57 Å². The summed E-state index contributed by atoms with van der Waals surface area (Å²) >= 11 is 6.72. The second-order valence-electron chi connectivity index (χ2n) is 9.12. The summed E-state index contributed by atoms with van der Waals surface area (Å²) in [5.74, 6) is 1.38. The number of alkyl halides is 3. The van der Waals surface area contributed by atoms with E-state index in [0.29, 0.717) is 32.6 Å². The topological polar surface area (TPSA) is 54.2 Å². The summed E-state index contributed by atoms with van der Waals surface area (Å²) in [6, 6.07) is 2.18. The number of aliphatic hydroxyl groups is 1. The Kier molecular flexibility index (Phi) is 6.33. The van der Waals surface area contributed by atoms with Crippen LogP contribution in [-0.4, -0.2) is 39.3 Å². The Morgan fingerprint density at radius 2 is 1.76 bits per heavy atom. The molecular formula is C23H25Br2F3N4O. The normalized spacial score (nSPS) is 19.5. The van der Waals surface area contributed by atoms with Gasteiger partial charge in [0.2, 0.25) is 0 Å². The van der Waals surface area contributed by atoms with Crippen molar-refractivity contribution in [1.82, 2.24) is 14.5 Å². The van der Waals surface area contributed by atoms with Crippen molar-refractivity contribution in [3.05, 3.63) is 43.7 Å². The third-order valence-corrected chi connectivity index (χ3v) is 7.69. The smallest absolute Gasteiger partial charge is 0.396 e. The van der Waals surface area contributed by atoms with Crippen molar-refractivity contribution in [3.8, 4) is 5.69 Å². The van der Waals surface area contributed by atoms with Crippen LogP contribution in [0.15, 0.2) is 21.1 Å². The lowest BCUT2D eigenvalue weighted by atomic mass is 9.83. The van der Waals surface area contributed by atoms with Gasteiger partial charge in [0.05, 0.1) is 23.2 Å². The molecule has 0 aliphatic carbocycles. The van der Waals surface area contributed by atoms with Gasteiger partial charge in [-0.15, -0.1) is 0 Å². The number of nitrogens with zero attached hydrogens (tertiary/aromatic N) is 4. The van der Waals surface area contributed by atoms with E-state index >= 15 is 0 Å². The van der Waals surface area contributed by atoms with Crippen molar-refractivity contribution >= 4 is 48.7 Å². The molecule has 1 N–H and O–H groups in total. The lowest BCUT2D eigenvalue weighted by Gasteiger charge is -2.40. The van der Waals surface area contributed by atoms with Gasteiger partial charge in [0, 0.05) is 33.1 Å². The Bertz CT molecular complexity index is 1220. The number of anilines is 1. The third kappa shape index (κ3) is 4.30. The zero-order valence-corrected chi connectivity index (χ0v) is 22.0. The standard InChI is InChI=1S/C23H25Br2F3N4O/c1-12-13(2)32(19-16(24)8-15(9-17(19)25)23(26,27)28)21-18(12)20(29-14(3)30-21)31-7-5-6-22(4,10-31)11-33/h8-9,33H,5-7,10-11H2,1-4H3. The highest BCUT2D eigenvalue weighted by molar-refractivity contribution is 9.11. The Morgan fingerprint density at radius 3 is 2.33 bits per heavy atom. The lowest BCUT2D eigenvalue weighted by Crippen LogP contribution is -2.44. The van der Waals surface area contributed by atoms with Crippen LogP contribution in [0.1, 0.15) is 42.4 Å². The largest absolute Gasteiger partial charge is 0.416 e. The summed E-state index contributed by atoms with van der Waals surface area (Å²) in [7, 11) is 0. The maximum absolute atomic E-state index is 13.3. The number of aromatic nitrogens is 3. The van der Waals surface area contributed by atoms with Crippen LogP contribution in [0.5, 0.6) is 0 Å². The monoisotopic (exact) mass is 588 g/mol. The Balaban J connectivity index is 1.96. The number of hydrogen-bond donors (Lipinski definition) is 1. The fourth-order valence-corrected chi connectivity index (χ4v) is 6.16. The molecule has 2 aromatic heterocycles. The molecule has 0 bridgehead atoms. The third-order valence-electron chi connectivity index (χ3n) is 6.48. The molecule has 5 nitrogen and oxygen atoms in total. The summed E-state index contributed by atoms with van der Waals surface area (Å²) in [6.07, 6.45) is -2.57. The van der Waals surface area contributed by atoms with Gasteiger partial charge >= 0.3 is 6.18 Å². The minimum Gasteiger partial charge on any atom is -0.396 e. The first-order valence-electron chi connectivity index (χ1n) is 10.6. The molecule has 1 atom stereocenters. The van der Waals surface area contributed by atoms with Gasteiger partial charge in [-0.1, -0.05) is 6.92 Å². The lowest BCUT2D eigenvalue weighted by molar-refractivity contribution is -0.137. The molecule has 0 amide bonds. The number of halogens is 5. The van der Waals surface area contributed by atoms with Crippen LogP contribution in [0.4, 0.5) is 19.0 Å². The van der Waals surface area contributed by atoms with Gasteiger partial charge in [0.1, 0.15) is 11.6 Å². The molecule has 4 rings (SSSR count). The van der Waals surface area contributed by atoms with E-state index in [4.69, 9.17) is 9.97 Å². The average molecular weight is 590 g/mol. The molecule has 3 aromatic rings. The fourth-order valence-electron chi connectivity index (χ4n) is 4.62. The number of rotatable bonds is 3. The number of benzene rings is 1. The number of piperidine rings is 1. The summed E-state index contributed by atoms with van der Waals surface area (Å²) in [5, 5.41) is 10.8. The molecule has 178 valence electrons. The minimum absolute atomic E-state index is 0.0984. The fraction of sp³-hybridized carbons (Fsp3) is 0.478. The molecule has 0 saturated carbocycles. The van der Waals surface area contributed by atoms with Gasteiger partial charge in [-0.2, -0.15) is 13.2 Å². The van der Waals surface area contributed by atoms with Crippen LogP contribution < -0.4 is 4.90 Å². The number of aryl methyl sites for hydroxylation is 2. The predicted molar refractivity (Wildman–Crippen MR) is 130 cm³/mol. The molecule has 1 aliphatic rings. The molecule has 1 unspecified atom stereocenters. The van der Waals surface area contributed by atoms with Crippen molar-refractivity contribution in [2.75, 3.05) is 24.6 Å². The minimum atomic E-state index is -4.45. The van der Waals surface area contributed by atoms with Gasteiger partial charge < -0.3 is 10.0 Å². The van der Waals surface area contributed by atoms with Crippen LogP contribution in [0.2, 0.25) is 0 Å². The van der Waals surface area contributed by atoms with Crippen LogP contribution in [0.25, 0.3) is 16.7 Å². The highest BCUT2D eigenvalue weighted by atomic mass is 79.9. The summed E-state index contributed by atoms with van der Waals surface area (Å²) in [5.41, 5.74) is 2.09. The van der Waals surface area contributed by atoms with Crippen molar-refractivity contribution in [3.63, 3.8) is 0 Å². The van der Waals surface area contributed by atoms with Gasteiger partial charge in [0.25, 0.3) is 0 Å². The molecule has 0 radical (unpaired) electrons. The van der Waals surface area contributed by atoms with Crippen molar-refractivity contribution in [2.24, 2.45) is 5.41 Å². The molecule has 1 aromatic carbocycles. The predicted octanol–water partition coefficient (Wildman–Crippen LogP) is 6.49. The first-order chi connectivity index (χ1) is 15.4. The van der Waals surface area contributed by atoms with E-state index in [1.165, 1.54) is 0 Å². The van der Waals surface area contributed by atoms with Gasteiger partial charge in [0.15, 0.2) is 5.65 Å². The number of hydrogen-bond acceptors (Lipinski definition) is 4. The summed E-state index contributed by atoms with van der Waals surface area (Å²) in [4.78, 5) is 11.7. The Morgan fingerprint density at radius 1 is 1.12 bits per heavy atom. The maximum atomic E-state index is 13.3. The maximum Gasteiger partial charge on any atom is 0.416 e. The van der Waals surface area contributed by atoms with Crippen molar-refractivity contribution in [1.29, 1.82) is 0 Å². The van der Waals surface area contributed by atoms with E-state index in [1.54, 1.807) is 0 Å². The summed E-state index contributed by atoms with van der Waals surface area (Å²) < 4.78 is 42.5. The van der Waals surface area contributed by atoms with E-state index in [2.05, 4.69) is 43.7 Å². The number of aliphatic hydroxyl groups excluding tert-OH is 1. The SMILES string of the molecule is Cc1nc(N2CCCC(C)(CO)C2)c2c(C)c(C)n(-c3c(Br)cc(C(F)(F)F)cc3Br)c2n1. The molecule has 10 heteroatoms. The Hall–Kier alpha value is -1.65. The number of fused-ring (bicyclic) bond motifs is 1. The van der Waals surface area contributed by atoms with E-state index in [0.717, 1.165) is 54.0 Å². The zero-order chi connectivity index (χ0) is 24.3. The first-order valence-corrected chi connectivity index (χ1v) is 12.2. The van der Waals surface area contributed by atoms with Crippen LogP contribution in [-0.2, 0) is 6.18 Å². The molecule has 1 fully saturated rings. The molecule has 1 saturated heterocycles. The van der Waals surface area contributed by atoms with E-state index in [1.807, 2.05) is 25.3 Å². The second-order valence-corrected chi connectivity index (χ2v) is 10.8. The molecule has 3 heterocycles. The average Bonchev–Trinajstić information content (AvgIpc) is 2.97. The summed E-state index contributed by atoms with van der Waals surface area (Å²) in [6.45, 7) is 9.39. The van der Waals surface area contributed by atoms with Crippen molar-refractivity contribution in [2.45, 2.75) is 46.7 Å².